The number of carbonyl (C=O) groups excluding carboxylic acids is 4. The lowest BCUT2D eigenvalue weighted by atomic mass is 9.91. The summed E-state index contributed by atoms with van der Waals surface area (Å²) in [6, 6.07) is 7.92. The van der Waals surface area contributed by atoms with Crippen molar-refractivity contribution >= 4 is 29.5 Å². The standard InChI is InChI=1S/C24H35N5O3.C3H7NO2/c1-7-20(29(15-28(5)6)21(30)13-24(2,3)4)23(32)26-16(14-25)12-18-17-10-8-9-11-19(17)27-22(18)31;1-2-6-3(4)5/h8-11,16,18,20H,7,12-13,15H2,1-6H3,(H,26,32)(H,27,31);2H2,1H3,(H2,4,5)/t16-,18?,20-;/m0./s1. The maximum Gasteiger partial charge on any atom is 0.404 e. The lowest BCUT2D eigenvalue weighted by molar-refractivity contribution is -0.144. The summed E-state index contributed by atoms with van der Waals surface area (Å²) in [7, 11) is 3.69. The molecule has 0 bridgehead atoms. The van der Waals surface area contributed by atoms with Gasteiger partial charge in [-0.1, -0.05) is 45.9 Å². The lowest BCUT2D eigenvalue weighted by Gasteiger charge is -2.34. The molecule has 0 fully saturated rings. The van der Waals surface area contributed by atoms with Gasteiger partial charge in [-0.25, -0.2) is 4.79 Å². The molecular formula is C27H42N6O5. The number of hydrogen-bond acceptors (Lipinski definition) is 7. The molecule has 4 amide bonds. The van der Waals surface area contributed by atoms with E-state index in [0.29, 0.717) is 26.1 Å². The minimum Gasteiger partial charge on any atom is -0.450 e. The highest BCUT2D eigenvalue weighted by molar-refractivity contribution is 6.03. The van der Waals surface area contributed by atoms with Crippen molar-refractivity contribution in [3.8, 4) is 6.07 Å². The Hall–Kier alpha value is -3.65. The largest absolute Gasteiger partial charge is 0.450 e. The van der Waals surface area contributed by atoms with Crippen LogP contribution in [0.3, 0.4) is 0 Å². The Morgan fingerprint density at radius 2 is 1.84 bits per heavy atom. The molecule has 1 aromatic carbocycles. The number of fused-ring (bicyclic) bond motifs is 1. The van der Waals surface area contributed by atoms with Crippen molar-refractivity contribution in [2.45, 2.75) is 71.9 Å². The van der Waals surface area contributed by atoms with E-state index in [4.69, 9.17) is 0 Å². The predicted molar refractivity (Wildman–Crippen MR) is 145 cm³/mol. The van der Waals surface area contributed by atoms with E-state index < -0.39 is 24.1 Å². The van der Waals surface area contributed by atoms with Crippen LogP contribution in [-0.2, 0) is 19.1 Å². The number of nitrogens with zero attached hydrogens (tertiary/aromatic N) is 3. The van der Waals surface area contributed by atoms with Crippen LogP contribution in [0.2, 0.25) is 0 Å². The van der Waals surface area contributed by atoms with Gasteiger partial charge in [0.1, 0.15) is 12.1 Å². The van der Waals surface area contributed by atoms with Gasteiger partial charge >= 0.3 is 6.09 Å². The summed E-state index contributed by atoms with van der Waals surface area (Å²) in [6.45, 7) is 10.2. The SMILES string of the molecule is CCOC(N)=O.CC[C@@H](C(=O)N[C@H](C#N)CC1C(=O)Nc2ccccc21)N(CN(C)C)C(=O)CC(C)(C)C. The summed E-state index contributed by atoms with van der Waals surface area (Å²) < 4.78 is 4.18. The van der Waals surface area contributed by atoms with Crippen molar-refractivity contribution in [2.24, 2.45) is 11.1 Å². The van der Waals surface area contributed by atoms with E-state index in [-0.39, 0.29) is 29.6 Å². The third kappa shape index (κ3) is 10.4. The average Bonchev–Trinajstić information content (AvgIpc) is 3.12. The maximum atomic E-state index is 13.2. The number of ether oxygens (including phenoxy) is 1. The first-order chi connectivity index (χ1) is 17.7. The van der Waals surface area contributed by atoms with E-state index in [1.807, 2.05) is 71.0 Å². The van der Waals surface area contributed by atoms with Gasteiger partial charge in [0, 0.05) is 12.1 Å². The van der Waals surface area contributed by atoms with Gasteiger partial charge in [-0.15, -0.1) is 0 Å². The van der Waals surface area contributed by atoms with Crippen LogP contribution >= 0.6 is 0 Å². The number of nitrogens with one attached hydrogen (secondary N) is 2. The first-order valence-electron chi connectivity index (χ1n) is 12.7. The summed E-state index contributed by atoms with van der Waals surface area (Å²) in [6.07, 6.45) is 0.189. The van der Waals surface area contributed by atoms with Crippen LogP contribution in [0, 0.1) is 16.7 Å². The predicted octanol–water partition coefficient (Wildman–Crippen LogP) is 2.78. The van der Waals surface area contributed by atoms with Gasteiger partial charge in [-0.05, 0) is 50.9 Å². The minimum absolute atomic E-state index is 0.106. The molecule has 0 saturated heterocycles. The summed E-state index contributed by atoms with van der Waals surface area (Å²) in [5.74, 6) is -1.17. The number of hydrogen-bond donors (Lipinski definition) is 3. The molecule has 1 aliphatic rings. The van der Waals surface area contributed by atoms with Crippen molar-refractivity contribution in [1.82, 2.24) is 15.1 Å². The highest BCUT2D eigenvalue weighted by atomic mass is 16.5. The molecule has 210 valence electrons. The Morgan fingerprint density at radius 1 is 1.21 bits per heavy atom. The number of nitrogens with two attached hydrogens (primary N) is 1. The van der Waals surface area contributed by atoms with Crippen molar-refractivity contribution in [2.75, 3.05) is 32.7 Å². The zero-order valence-electron chi connectivity index (χ0n) is 23.5. The Balaban J connectivity index is 0.00000107. The van der Waals surface area contributed by atoms with E-state index in [1.54, 1.807) is 11.8 Å². The average molecular weight is 531 g/mol. The van der Waals surface area contributed by atoms with E-state index >= 15 is 0 Å². The molecule has 1 heterocycles. The van der Waals surface area contributed by atoms with E-state index in [9.17, 15) is 24.4 Å². The summed E-state index contributed by atoms with van der Waals surface area (Å²) >= 11 is 0. The van der Waals surface area contributed by atoms with Crippen LogP contribution < -0.4 is 16.4 Å². The van der Waals surface area contributed by atoms with Gasteiger partial charge in [0.25, 0.3) is 0 Å². The molecule has 1 aliphatic heterocycles. The first kappa shape index (κ1) is 32.4. The van der Waals surface area contributed by atoms with Crippen LogP contribution in [0.5, 0.6) is 0 Å². The molecule has 38 heavy (non-hydrogen) atoms. The maximum absolute atomic E-state index is 13.2. The van der Waals surface area contributed by atoms with E-state index in [1.165, 1.54) is 0 Å². The quantitative estimate of drug-likeness (QED) is 0.392. The molecule has 0 spiro atoms. The number of nitriles is 1. The first-order valence-corrected chi connectivity index (χ1v) is 12.7. The molecule has 1 unspecified atom stereocenters. The van der Waals surface area contributed by atoms with Gasteiger partial charge in [0.2, 0.25) is 17.7 Å². The van der Waals surface area contributed by atoms with Crippen LogP contribution in [0.25, 0.3) is 0 Å². The second-order valence-electron chi connectivity index (χ2n) is 10.6. The highest BCUT2D eigenvalue weighted by Crippen LogP contribution is 2.35. The molecule has 0 aromatic heterocycles. The third-order valence-corrected chi connectivity index (χ3v) is 5.64. The van der Waals surface area contributed by atoms with Gasteiger partial charge in [0.15, 0.2) is 0 Å². The van der Waals surface area contributed by atoms with E-state index in [2.05, 4.69) is 27.2 Å². The summed E-state index contributed by atoms with van der Waals surface area (Å²) in [5.41, 5.74) is 5.89. The highest BCUT2D eigenvalue weighted by Gasteiger charge is 2.35. The molecule has 3 atom stereocenters. The number of carbonyl (C=O) groups is 4. The fraction of sp³-hybridized carbons (Fsp3) is 0.593. The molecule has 4 N–H and O–H groups in total. The van der Waals surface area contributed by atoms with Crippen LogP contribution in [0.4, 0.5) is 10.5 Å². The smallest absolute Gasteiger partial charge is 0.404 e. The minimum atomic E-state index is -0.850. The topological polar surface area (TPSA) is 158 Å². The van der Waals surface area contributed by atoms with Crippen LogP contribution in [0.15, 0.2) is 24.3 Å². The fourth-order valence-corrected chi connectivity index (χ4v) is 4.06. The number of benzene rings is 1. The van der Waals surface area contributed by atoms with Gasteiger partial charge in [-0.3, -0.25) is 19.3 Å². The van der Waals surface area contributed by atoms with Crippen molar-refractivity contribution < 1.29 is 23.9 Å². The Labute approximate surface area is 225 Å². The molecular weight excluding hydrogens is 488 g/mol. The zero-order valence-corrected chi connectivity index (χ0v) is 23.5. The number of anilines is 1. The number of primary amides is 1. The molecule has 11 nitrogen and oxygen atoms in total. The lowest BCUT2D eigenvalue weighted by Crippen LogP contribution is -2.54. The van der Waals surface area contributed by atoms with Crippen molar-refractivity contribution in [1.29, 1.82) is 5.26 Å². The Bertz CT molecular complexity index is 1010. The van der Waals surface area contributed by atoms with Crippen LogP contribution in [0.1, 0.15) is 65.4 Å². The third-order valence-electron chi connectivity index (χ3n) is 5.64. The van der Waals surface area contributed by atoms with Crippen LogP contribution in [-0.4, -0.2) is 73.1 Å². The molecule has 0 aliphatic carbocycles. The Kier molecular flexibility index (Phi) is 12.7. The summed E-state index contributed by atoms with van der Waals surface area (Å²) in [5, 5.41) is 15.3. The van der Waals surface area contributed by atoms with Crippen molar-refractivity contribution in [3.63, 3.8) is 0 Å². The van der Waals surface area contributed by atoms with Gasteiger partial charge in [-0.2, -0.15) is 5.26 Å². The fourth-order valence-electron chi connectivity index (χ4n) is 4.06. The normalized spacial score (nSPS) is 15.7. The molecule has 2 rings (SSSR count). The van der Waals surface area contributed by atoms with Gasteiger partial charge in [0.05, 0.1) is 25.3 Å². The van der Waals surface area contributed by atoms with Crippen molar-refractivity contribution in [3.05, 3.63) is 29.8 Å². The number of rotatable bonds is 10. The number of para-hydroxylation sites is 1. The summed E-state index contributed by atoms with van der Waals surface area (Å²) in [4.78, 5) is 51.6. The second kappa shape index (κ2) is 14.9. The molecule has 0 radical (unpaired) electrons. The van der Waals surface area contributed by atoms with Gasteiger partial charge < -0.3 is 26.0 Å². The molecule has 0 saturated carbocycles. The molecule has 11 heteroatoms. The van der Waals surface area contributed by atoms with E-state index in [0.717, 1.165) is 11.3 Å². The zero-order chi connectivity index (χ0) is 29.0. The Morgan fingerprint density at radius 3 is 2.32 bits per heavy atom. The number of amides is 4. The second-order valence-corrected chi connectivity index (χ2v) is 10.6. The monoisotopic (exact) mass is 530 g/mol. The molecule has 1 aromatic rings.